The third kappa shape index (κ3) is 1.68. The van der Waals surface area contributed by atoms with Crippen molar-refractivity contribution < 1.29 is 13.9 Å². The summed E-state index contributed by atoms with van der Waals surface area (Å²) in [5.74, 6) is -1.46. The van der Waals surface area contributed by atoms with Gasteiger partial charge >= 0.3 is 0 Å². The summed E-state index contributed by atoms with van der Waals surface area (Å²) in [6, 6.07) is 2.79. The van der Waals surface area contributed by atoms with E-state index in [0.717, 1.165) is 0 Å². The SMILES string of the molecule is CNCC(O)c1c(F)cc2cc[nH]c2c1F. The first-order valence-corrected chi connectivity index (χ1v) is 4.92. The van der Waals surface area contributed by atoms with Gasteiger partial charge in [-0.05, 0) is 19.2 Å². The second-order valence-electron chi connectivity index (χ2n) is 3.60. The molecule has 0 spiro atoms. The number of likely N-dealkylation sites (N-methyl/N-ethyl adjacent to an activating group) is 1. The third-order valence-corrected chi connectivity index (χ3v) is 2.51. The van der Waals surface area contributed by atoms with Crippen LogP contribution in [0.25, 0.3) is 10.9 Å². The number of halogens is 2. The van der Waals surface area contributed by atoms with Gasteiger partial charge in [0.05, 0.1) is 17.2 Å². The summed E-state index contributed by atoms with van der Waals surface area (Å²) < 4.78 is 27.5. The zero-order chi connectivity index (χ0) is 11.7. The van der Waals surface area contributed by atoms with E-state index in [1.807, 2.05) is 0 Å². The third-order valence-electron chi connectivity index (χ3n) is 2.51. The Balaban J connectivity index is 2.59. The summed E-state index contributed by atoms with van der Waals surface area (Å²) in [7, 11) is 1.60. The number of aromatic amines is 1. The minimum absolute atomic E-state index is 0.0973. The van der Waals surface area contributed by atoms with E-state index in [-0.39, 0.29) is 17.6 Å². The van der Waals surface area contributed by atoms with Gasteiger partial charge in [-0.1, -0.05) is 0 Å². The maximum Gasteiger partial charge on any atom is 0.156 e. The number of hydrogen-bond acceptors (Lipinski definition) is 2. The van der Waals surface area contributed by atoms with Gasteiger partial charge in [0.25, 0.3) is 0 Å². The van der Waals surface area contributed by atoms with Crippen molar-refractivity contribution in [3.8, 4) is 0 Å². The molecule has 16 heavy (non-hydrogen) atoms. The van der Waals surface area contributed by atoms with Gasteiger partial charge in [0.2, 0.25) is 0 Å². The van der Waals surface area contributed by atoms with E-state index in [2.05, 4.69) is 10.3 Å². The molecule has 0 bridgehead atoms. The number of aromatic nitrogens is 1. The van der Waals surface area contributed by atoms with Crippen LogP contribution in [0.2, 0.25) is 0 Å². The first kappa shape index (κ1) is 11.0. The molecule has 5 heteroatoms. The molecule has 2 rings (SSSR count). The Morgan fingerprint density at radius 3 is 2.94 bits per heavy atom. The van der Waals surface area contributed by atoms with Crippen molar-refractivity contribution in [3.63, 3.8) is 0 Å². The predicted octanol–water partition coefficient (Wildman–Crippen LogP) is 1.70. The van der Waals surface area contributed by atoms with Gasteiger partial charge in [-0.3, -0.25) is 0 Å². The molecule has 1 unspecified atom stereocenters. The van der Waals surface area contributed by atoms with Crippen LogP contribution in [0.15, 0.2) is 18.3 Å². The lowest BCUT2D eigenvalue weighted by Crippen LogP contribution is -2.19. The van der Waals surface area contributed by atoms with Crippen LogP contribution in [0, 0.1) is 11.6 Å². The van der Waals surface area contributed by atoms with Gasteiger partial charge in [-0.25, -0.2) is 8.78 Å². The molecule has 86 valence electrons. The largest absolute Gasteiger partial charge is 0.387 e. The summed E-state index contributed by atoms with van der Waals surface area (Å²) in [6.45, 7) is 0.0973. The van der Waals surface area contributed by atoms with E-state index in [4.69, 9.17) is 0 Å². The molecule has 1 heterocycles. The Morgan fingerprint density at radius 2 is 2.25 bits per heavy atom. The predicted molar refractivity (Wildman–Crippen MR) is 57.1 cm³/mol. The molecule has 3 nitrogen and oxygen atoms in total. The van der Waals surface area contributed by atoms with E-state index >= 15 is 0 Å². The maximum atomic E-state index is 13.9. The van der Waals surface area contributed by atoms with Crippen molar-refractivity contribution >= 4 is 10.9 Å². The van der Waals surface area contributed by atoms with Crippen molar-refractivity contribution in [2.24, 2.45) is 0 Å². The lowest BCUT2D eigenvalue weighted by molar-refractivity contribution is 0.168. The fourth-order valence-electron chi connectivity index (χ4n) is 1.75. The topological polar surface area (TPSA) is 48.0 Å². The van der Waals surface area contributed by atoms with Crippen molar-refractivity contribution in [3.05, 3.63) is 35.5 Å². The van der Waals surface area contributed by atoms with E-state index < -0.39 is 17.7 Å². The highest BCUT2D eigenvalue weighted by Gasteiger charge is 2.20. The number of benzene rings is 1. The average Bonchev–Trinajstić information content (AvgIpc) is 2.66. The number of nitrogens with one attached hydrogen (secondary N) is 2. The molecule has 0 radical (unpaired) electrons. The molecule has 0 fully saturated rings. The molecule has 0 saturated heterocycles. The van der Waals surface area contributed by atoms with Crippen LogP contribution in [0.5, 0.6) is 0 Å². The van der Waals surface area contributed by atoms with E-state index in [0.29, 0.717) is 5.39 Å². The van der Waals surface area contributed by atoms with E-state index in [9.17, 15) is 13.9 Å². The highest BCUT2D eigenvalue weighted by atomic mass is 19.1. The summed E-state index contributed by atoms with van der Waals surface area (Å²) in [5.41, 5.74) is -0.0872. The average molecular weight is 226 g/mol. The van der Waals surface area contributed by atoms with Crippen molar-refractivity contribution in [2.75, 3.05) is 13.6 Å². The standard InChI is InChI=1S/C11H12F2N2O/c1-14-5-8(16)9-7(12)4-6-2-3-15-11(6)10(9)13/h2-4,8,14-16H,5H2,1H3. The molecule has 1 aromatic carbocycles. The van der Waals surface area contributed by atoms with Gasteiger partial charge in [0.15, 0.2) is 5.82 Å². The summed E-state index contributed by atoms with van der Waals surface area (Å²) >= 11 is 0. The Hall–Kier alpha value is -1.46. The van der Waals surface area contributed by atoms with Crippen molar-refractivity contribution in [1.82, 2.24) is 10.3 Å². The van der Waals surface area contributed by atoms with Crippen molar-refractivity contribution in [1.29, 1.82) is 0 Å². The fourth-order valence-corrected chi connectivity index (χ4v) is 1.75. The zero-order valence-electron chi connectivity index (χ0n) is 8.72. The van der Waals surface area contributed by atoms with E-state index in [1.165, 1.54) is 12.3 Å². The van der Waals surface area contributed by atoms with Crippen LogP contribution in [-0.4, -0.2) is 23.7 Å². The summed E-state index contributed by atoms with van der Waals surface area (Å²) in [4.78, 5) is 2.68. The maximum absolute atomic E-state index is 13.9. The molecule has 1 atom stereocenters. The van der Waals surface area contributed by atoms with Crippen LogP contribution in [0.1, 0.15) is 11.7 Å². The van der Waals surface area contributed by atoms with Gasteiger partial charge < -0.3 is 15.4 Å². The summed E-state index contributed by atoms with van der Waals surface area (Å²) in [6.07, 6.45) is 0.333. The molecular weight excluding hydrogens is 214 g/mol. The molecule has 3 N–H and O–H groups in total. The van der Waals surface area contributed by atoms with E-state index in [1.54, 1.807) is 13.1 Å². The van der Waals surface area contributed by atoms with Crippen LogP contribution in [-0.2, 0) is 0 Å². The Morgan fingerprint density at radius 1 is 1.50 bits per heavy atom. The van der Waals surface area contributed by atoms with Gasteiger partial charge in [-0.2, -0.15) is 0 Å². The summed E-state index contributed by atoms with van der Waals surface area (Å²) in [5, 5.41) is 12.7. The zero-order valence-corrected chi connectivity index (χ0v) is 8.72. The molecule has 0 saturated carbocycles. The molecule has 0 amide bonds. The Labute approximate surface area is 91.1 Å². The van der Waals surface area contributed by atoms with Crippen LogP contribution < -0.4 is 5.32 Å². The van der Waals surface area contributed by atoms with Gasteiger partial charge in [0, 0.05) is 18.1 Å². The lowest BCUT2D eigenvalue weighted by atomic mass is 10.1. The smallest absolute Gasteiger partial charge is 0.156 e. The minimum Gasteiger partial charge on any atom is -0.387 e. The van der Waals surface area contributed by atoms with Gasteiger partial charge in [0.1, 0.15) is 5.82 Å². The van der Waals surface area contributed by atoms with Crippen molar-refractivity contribution in [2.45, 2.75) is 6.10 Å². The highest BCUT2D eigenvalue weighted by Crippen LogP contribution is 2.27. The normalized spacial score (nSPS) is 13.2. The fraction of sp³-hybridized carbons (Fsp3) is 0.273. The molecule has 0 aliphatic rings. The molecule has 0 aliphatic carbocycles. The monoisotopic (exact) mass is 226 g/mol. The molecule has 0 aliphatic heterocycles. The van der Waals surface area contributed by atoms with Gasteiger partial charge in [-0.15, -0.1) is 0 Å². The minimum atomic E-state index is -1.20. The first-order valence-electron chi connectivity index (χ1n) is 4.92. The van der Waals surface area contributed by atoms with Crippen LogP contribution in [0.4, 0.5) is 8.78 Å². The number of aliphatic hydroxyl groups is 1. The Bertz CT molecular complexity index is 510. The second-order valence-corrected chi connectivity index (χ2v) is 3.60. The molecule has 2 aromatic rings. The number of H-pyrrole nitrogens is 1. The number of rotatable bonds is 3. The van der Waals surface area contributed by atoms with Crippen LogP contribution >= 0.6 is 0 Å². The molecular formula is C11H12F2N2O. The quantitative estimate of drug-likeness (QED) is 0.746. The Kier molecular flexibility index (Phi) is 2.89. The van der Waals surface area contributed by atoms with Crippen LogP contribution in [0.3, 0.4) is 0 Å². The molecule has 1 aromatic heterocycles. The number of aliphatic hydroxyl groups excluding tert-OH is 1. The number of hydrogen-bond donors (Lipinski definition) is 3. The first-order chi connectivity index (χ1) is 7.65. The highest BCUT2D eigenvalue weighted by molar-refractivity contribution is 5.81. The number of fused-ring (bicyclic) bond motifs is 1. The lowest BCUT2D eigenvalue weighted by Gasteiger charge is -2.12. The second kappa shape index (κ2) is 4.19.